The summed E-state index contributed by atoms with van der Waals surface area (Å²) in [6.07, 6.45) is 0. The minimum absolute atomic E-state index is 0.0126. The first-order valence-electron chi connectivity index (χ1n) is 9.87. The summed E-state index contributed by atoms with van der Waals surface area (Å²) in [5, 5.41) is 15.7. The Morgan fingerprint density at radius 3 is 2.52 bits per heavy atom. The highest BCUT2D eigenvalue weighted by Crippen LogP contribution is 2.24. The zero-order chi connectivity index (χ0) is 22.4. The number of Topliss-reactive ketones (excluding diaryl/α,β-unsaturated/α-hetero) is 1. The zero-order valence-electron chi connectivity index (χ0n) is 17.6. The summed E-state index contributed by atoms with van der Waals surface area (Å²) >= 11 is 7.38. The van der Waals surface area contributed by atoms with Crippen LogP contribution in [-0.2, 0) is 17.9 Å². The molecular weight excluding hydrogens is 434 g/mol. The Hall–Kier alpha value is -2.84. The van der Waals surface area contributed by atoms with Gasteiger partial charge in [0, 0.05) is 28.5 Å². The van der Waals surface area contributed by atoms with Crippen LogP contribution >= 0.6 is 23.4 Å². The number of amides is 1. The van der Waals surface area contributed by atoms with Gasteiger partial charge in [-0.05, 0) is 63.2 Å². The molecule has 9 heteroatoms. The van der Waals surface area contributed by atoms with E-state index in [1.54, 1.807) is 24.3 Å². The molecule has 0 bridgehead atoms. The number of rotatable bonds is 9. The fraction of sp³-hybridized carbons (Fsp3) is 0.273. The standard InChI is InChI=1S/C22H24ClN5O2S/c1-4-28-20(13-24-19-7-5-6-17(23)12-19)26-27-22(28)31-15(3)21(30)25-18-10-8-16(9-11-18)14(2)29/h5-12,15,24H,4,13H2,1-3H3,(H,25,30)/t15-/m1/s1. The van der Waals surface area contributed by atoms with E-state index in [-0.39, 0.29) is 16.9 Å². The molecule has 162 valence electrons. The highest BCUT2D eigenvalue weighted by molar-refractivity contribution is 8.00. The number of hydrogen-bond donors (Lipinski definition) is 2. The molecule has 3 aromatic rings. The van der Waals surface area contributed by atoms with Crippen LogP contribution in [0.15, 0.2) is 53.7 Å². The Bertz CT molecular complexity index is 1070. The number of thioether (sulfide) groups is 1. The van der Waals surface area contributed by atoms with Crippen LogP contribution in [0.1, 0.15) is 37.0 Å². The van der Waals surface area contributed by atoms with E-state index in [0.717, 1.165) is 11.5 Å². The molecule has 0 aliphatic carbocycles. The van der Waals surface area contributed by atoms with Gasteiger partial charge < -0.3 is 15.2 Å². The molecule has 0 radical (unpaired) electrons. The summed E-state index contributed by atoms with van der Waals surface area (Å²) in [5.41, 5.74) is 2.15. The van der Waals surface area contributed by atoms with Crippen LogP contribution in [0, 0.1) is 0 Å². The molecular formula is C22H24ClN5O2S. The minimum Gasteiger partial charge on any atom is -0.378 e. The van der Waals surface area contributed by atoms with Crippen molar-refractivity contribution >= 4 is 46.4 Å². The lowest BCUT2D eigenvalue weighted by Crippen LogP contribution is -2.23. The summed E-state index contributed by atoms with van der Waals surface area (Å²) in [7, 11) is 0. The number of anilines is 2. The van der Waals surface area contributed by atoms with Crippen molar-refractivity contribution in [1.82, 2.24) is 14.8 Å². The number of ketones is 1. The van der Waals surface area contributed by atoms with Crippen LogP contribution in [0.3, 0.4) is 0 Å². The van der Waals surface area contributed by atoms with Gasteiger partial charge in [0.2, 0.25) is 5.91 Å². The Morgan fingerprint density at radius 1 is 1.13 bits per heavy atom. The maximum Gasteiger partial charge on any atom is 0.237 e. The van der Waals surface area contributed by atoms with Crippen LogP contribution in [0.5, 0.6) is 0 Å². The average Bonchev–Trinajstić information content (AvgIpc) is 3.14. The van der Waals surface area contributed by atoms with Gasteiger partial charge in [0.15, 0.2) is 16.8 Å². The number of carbonyl (C=O) groups excluding carboxylic acids is 2. The zero-order valence-corrected chi connectivity index (χ0v) is 19.1. The smallest absolute Gasteiger partial charge is 0.237 e. The predicted molar refractivity (Wildman–Crippen MR) is 125 cm³/mol. The molecule has 31 heavy (non-hydrogen) atoms. The van der Waals surface area contributed by atoms with E-state index in [4.69, 9.17) is 11.6 Å². The number of nitrogens with one attached hydrogen (secondary N) is 2. The van der Waals surface area contributed by atoms with Crippen molar-refractivity contribution in [2.45, 2.75) is 44.3 Å². The molecule has 1 heterocycles. The third kappa shape index (κ3) is 6.08. The van der Waals surface area contributed by atoms with Crippen molar-refractivity contribution in [3.63, 3.8) is 0 Å². The molecule has 2 N–H and O–H groups in total. The van der Waals surface area contributed by atoms with Crippen LogP contribution < -0.4 is 10.6 Å². The van der Waals surface area contributed by atoms with E-state index in [0.29, 0.717) is 34.5 Å². The number of nitrogens with zero attached hydrogens (tertiary/aromatic N) is 3. The molecule has 7 nitrogen and oxygen atoms in total. The van der Waals surface area contributed by atoms with Crippen molar-refractivity contribution in [3.8, 4) is 0 Å². The van der Waals surface area contributed by atoms with Crippen LogP contribution in [0.4, 0.5) is 11.4 Å². The molecule has 1 aromatic heterocycles. The molecule has 0 saturated heterocycles. The lowest BCUT2D eigenvalue weighted by Gasteiger charge is -2.13. The molecule has 0 unspecified atom stereocenters. The molecule has 0 aliphatic rings. The number of carbonyl (C=O) groups is 2. The van der Waals surface area contributed by atoms with Gasteiger partial charge in [0.25, 0.3) is 0 Å². The largest absolute Gasteiger partial charge is 0.378 e. The maximum atomic E-state index is 12.6. The first kappa shape index (κ1) is 22.8. The maximum absolute atomic E-state index is 12.6. The molecule has 1 amide bonds. The van der Waals surface area contributed by atoms with Gasteiger partial charge in [-0.1, -0.05) is 29.4 Å². The Balaban J connectivity index is 1.61. The molecule has 2 aromatic carbocycles. The Labute approximate surface area is 190 Å². The van der Waals surface area contributed by atoms with Crippen molar-refractivity contribution in [1.29, 1.82) is 0 Å². The lowest BCUT2D eigenvalue weighted by atomic mass is 10.1. The van der Waals surface area contributed by atoms with E-state index in [2.05, 4.69) is 20.8 Å². The highest BCUT2D eigenvalue weighted by atomic mass is 35.5. The summed E-state index contributed by atoms with van der Waals surface area (Å²) in [6.45, 7) is 6.52. The van der Waals surface area contributed by atoms with E-state index in [1.165, 1.54) is 18.7 Å². The fourth-order valence-corrected chi connectivity index (χ4v) is 4.00. The average molecular weight is 458 g/mol. The first-order valence-corrected chi connectivity index (χ1v) is 11.1. The highest BCUT2D eigenvalue weighted by Gasteiger charge is 2.20. The normalized spacial score (nSPS) is 11.7. The summed E-state index contributed by atoms with van der Waals surface area (Å²) < 4.78 is 1.98. The van der Waals surface area contributed by atoms with Crippen molar-refractivity contribution in [3.05, 3.63) is 64.9 Å². The fourth-order valence-electron chi connectivity index (χ4n) is 2.88. The summed E-state index contributed by atoms with van der Waals surface area (Å²) in [6, 6.07) is 14.3. The molecule has 0 saturated carbocycles. The van der Waals surface area contributed by atoms with Gasteiger partial charge in [-0.2, -0.15) is 0 Å². The second-order valence-electron chi connectivity index (χ2n) is 6.89. The van der Waals surface area contributed by atoms with Gasteiger partial charge in [0.1, 0.15) is 0 Å². The second kappa shape index (κ2) is 10.5. The SMILES string of the molecule is CCn1c(CNc2cccc(Cl)c2)nnc1S[C@H](C)C(=O)Nc1ccc(C(C)=O)cc1. The van der Waals surface area contributed by atoms with E-state index in [9.17, 15) is 9.59 Å². The van der Waals surface area contributed by atoms with Gasteiger partial charge in [-0.25, -0.2) is 0 Å². The molecule has 0 aliphatic heterocycles. The van der Waals surface area contributed by atoms with E-state index >= 15 is 0 Å². The first-order chi connectivity index (χ1) is 14.9. The number of halogens is 1. The molecule has 0 fully saturated rings. The Morgan fingerprint density at radius 2 is 1.87 bits per heavy atom. The van der Waals surface area contributed by atoms with Crippen LogP contribution in [0.2, 0.25) is 5.02 Å². The monoisotopic (exact) mass is 457 g/mol. The number of hydrogen-bond acceptors (Lipinski definition) is 6. The quantitative estimate of drug-likeness (QED) is 0.351. The van der Waals surface area contributed by atoms with Crippen molar-refractivity contribution in [2.75, 3.05) is 10.6 Å². The third-order valence-electron chi connectivity index (χ3n) is 4.60. The molecule has 3 rings (SSSR count). The van der Waals surface area contributed by atoms with Gasteiger partial charge in [0.05, 0.1) is 11.8 Å². The molecule has 0 spiro atoms. The summed E-state index contributed by atoms with van der Waals surface area (Å²) in [5.74, 6) is 0.614. The van der Waals surface area contributed by atoms with Gasteiger partial charge in [-0.15, -0.1) is 10.2 Å². The number of benzene rings is 2. The Kier molecular flexibility index (Phi) is 7.70. The second-order valence-corrected chi connectivity index (χ2v) is 8.63. The minimum atomic E-state index is -0.379. The van der Waals surface area contributed by atoms with Crippen molar-refractivity contribution < 1.29 is 9.59 Å². The van der Waals surface area contributed by atoms with Crippen LogP contribution in [0.25, 0.3) is 0 Å². The third-order valence-corrected chi connectivity index (χ3v) is 5.91. The molecule has 1 atom stereocenters. The van der Waals surface area contributed by atoms with Crippen molar-refractivity contribution in [2.24, 2.45) is 0 Å². The van der Waals surface area contributed by atoms with Crippen LogP contribution in [-0.4, -0.2) is 31.7 Å². The predicted octanol–water partition coefficient (Wildman–Crippen LogP) is 4.89. The van der Waals surface area contributed by atoms with E-state index in [1.807, 2.05) is 42.7 Å². The van der Waals surface area contributed by atoms with Gasteiger partial charge >= 0.3 is 0 Å². The topological polar surface area (TPSA) is 88.9 Å². The van der Waals surface area contributed by atoms with E-state index < -0.39 is 0 Å². The summed E-state index contributed by atoms with van der Waals surface area (Å²) in [4.78, 5) is 24.0. The lowest BCUT2D eigenvalue weighted by molar-refractivity contribution is -0.115. The number of aromatic nitrogens is 3. The van der Waals surface area contributed by atoms with Gasteiger partial charge in [-0.3, -0.25) is 9.59 Å².